The highest BCUT2D eigenvalue weighted by atomic mass is 19.1. The van der Waals surface area contributed by atoms with Crippen LogP contribution >= 0.6 is 0 Å². The summed E-state index contributed by atoms with van der Waals surface area (Å²) >= 11 is 0. The van der Waals surface area contributed by atoms with E-state index in [0.717, 1.165) is 5.56 Å². The highest BCUT2D eigenvalue weighted by Crippen LogP contribution is 2.24. The Kier molecular flexibility index (Phi) is 5.14. The van der Waals surface area contributed by atoms with E-state index in [0.29, 0.717) is 12.1 Å². The minimum atomic E-state index is -0.679. The van der Waals surface area contributed by atoms with Gasteiger partial charge in [-0.05, 0) is 44.0 Å². The first-order chi connectivity index (χ1) is 10.3. The lowest BCUT2D eigenvalue weighted by Gasteiger charge is -2.20. The molecule has 0 aromatic heterocycles. The van der Waals surface area contributed by atoms with E-state index in [-0.39, 0.29) is 17.9 Å². The third kappa shape index (κ3) is 4.81. The molecule has 0 atom stereocenters. The molecule has 0 aliphatic carbocycles. The number of ether oxygens (including phenoxy) is 1. The molecule has 0 aliphatic heterocycles. The molecule has 0 saturated heterocycles. The Bertz CT molecular complexity index is 598. The van der Waals surface area contributed by atoms with Crippen molar-refractivity contribution in [2.75, 3.05) is 0 Å². The average Bonchev–Trinajstić information content (AvgIpc) is 2.44. The zero-order valence-electron chi connectivity index (χ0n) is 13.1. The fourth-order valence-electron chi connectivity index (χ4n) is 1.95. The zero-order chi connectivity index (χ0) is 16.2. The summed E-state index contributed by atoms with van der Waals surface area (Å²) in [6.45, 7) is 6.52. The molecule has 0 aliphatic rings. The second kappa shape index (κ2) is 6.88. The molecule has 0 bridgehead atoms. The summed E-state index contributed by atoms with van der Waals surface area (Å²) in [6, 6.07) is 11.9. The quantitative estimate of drug-likeness (QED) is 0.882. The Balaban J connectivity index is 2.06. The van der Waals surface area contributed by atoms with Crippen LogP contribution in [0, 0.1) is 11.6 Å². The smallest absolute Gasteiger partial charge is 0.191 e. The summed E-state index contributed by atoms with van der Waals surface area (Å²) in [4.78, 5) is 0. The highest BCUT2D eigenvalue weighted by Gasteiger charge is 2.15. The monoisotopic (exact) mass is 305 g/mol. The molecule has 2 aromatic rings. The Morgan fingerprint density at radius 2 is 1.55 bits per heavy atom. The molecular weight excluding hydrogens is 284 g/mol. The van der Waals surface area contributed by atoms with E-state index in [4.69, 9.17) is 4.74 Å². The van der Waals surface area contributed by atoms with Crippen molar-refractivity contribution >= 4 is 0 Å². The van der Waals surface area contributed by atoms with E-state index < -0.39 is 11.6 Å². The van der Waals surface area contributed by atoms with Crippen LogP contribution in [-0.4, -0.2) is 5.54 Å². The summed E-state index contributed by atoms with van der Waals surface area (Å²) in [6.07, 6.45) is 0. The van der Waals surface area contributed by atoms with Gasteiger partial charge in [-0.2, -0.15) is 0 Å². The minimum Gasteiger partial charge on any atom is -0.483 e. The Hall–Kier alpha value is -1.94. The predicted octanol–water partition coefficient (Wildman–Crippen LogP) is 4.43. The maximum absolute atomic E-state index is 14.0. The molecule has 0 spiro atoms. The SMILES string of the molecule is CC(C)(C)NCc1cc(F)c(OCc2ccccc2)c(F)c1. The summed E-state index contributed by atoms with van der Waals surface area (Å²) in [7, 11) is 0. The molecule has 0 amide bonds. The fourth-order valence-corrected chi connectivity index (χ4v) is 1.95. The molecule has 118 valence electrons. The van der Waals surface area contributed by atoms with Gasteiger partial charge in [-0.1, -0.05) is 30.3 Å². The molecule has 2 rings (SSSR count). The van der Waals surface area contributed by atoms with Gasteiger partial charge in [-0.3, -0.25) is 0 Å². The lowest BCUT2D eigenvalue weighted by atomic mass is 10.1. The summed E-state index contributed by atoms with van der Waals surface area (Å²) < 4.78 is 33.4. The molecule has 0 saturated carbocycles. The zero-order valence-corrected chi connectivity index (χ0v) is 13.1. The van der Waals surface area contributed by atoms with Crippen LogP contribution in [0.4, 0.5) is 8.78 Å². The van der Waals surface area contributed by atoms with Crippen LogP contribution in [0.1, 0.15) is 31.9 Å². The molecule has 1 N–H and O–H groups in total. The van der Waals surface area contributed by atoms with Gasteiger partial charge in [-0.25, -0.2) is 8.78 Å². The van der Waals surface area contributed by atoms with Gasteiger partial charge < -0.3 is 10.1 Å². The normalized spacial score (nSPS) is 11.5. The number of hydrogen-bond donors (Lipinski definition) is 1. The largest absolute Gasteiger partial charge is 0.483 e. The maximum atomic E-state index is 14.0. The molecule has 0 unspecified atom stereocenters. The van der Waals surface area contributed by atoms with Gasteiger partial charge >= 0.3 is 0 Å². The molecule has 2 nitrogen and oxygen atoms in total. The van der Waals surface area contributed by atoms with Gasteiger partial charge in [0, 0.05) is 12.1 Å². The van der Waals surface area contributed by atoms with E-state index >= 15 is 0 Å². The van der Waals surface area contributed by atoms with Gasteiger partial charge in [0.25, 0.3) is 0 Å². The maximum Gasteiger partial charge on any atom is 0.191 e. The second-order valence-corrected chi connectivity index (χ2v) is 6.27. The molecule has 4 heteroatoms. The molecule has 0 fully saturated rings. The van der Waals surface area contributed by atoms with Crippen molar-refractivity contribution in [1.29, 1.82) is 0 Å². The van der Waals surface area contributed by atoms with Crippen LogP contribution in [0.3, 0.4) is 0 Å². The molecule has 0 heterocycles. The van der Waals surface area contributed by atoms with Crippen molar-refractivity contribution in [3.8, 4) is 5.75 Å². The number of benzene rings is 2. The molecule has 0 radical (unpaired) electrons. The number of nitrogens with one attached hydrogen (secondary N) is 1. The van der Waals surface area contributed by atoms with E-state index in [9.17, 15) is 8.78 Å². The summed E-state index contributed by atoms with van der Waals surface area (Å²) in [5.74, 6) is -1.69. The van der Waals surface area contributed by atoms with E-state index in [2.05, 4.69) is 5.32 Å². The first-order valence-electron chi connectivity index (χ1n) is 7.25. The van der Waals surface area contributed by atoms with Crippen molar-refractivity contribution in [3.05, 3.63) is 65.2 Å². The van der Waals surface area contributed by atoms with E-state index in [1.165, 1.54) is 12.1 Å². The van der Waals surface area contributed by atoms with E-state index in [1.807, 2.05) is 51.1 Å². The van der Waals surface area contributed by atoms with Gasteiger partial charge in [-0.15, -0.1) is 0 Å². The Labute approximate surface area is 130 Å². The van der Waals surface area contributed by atoms with Crippen LogP contribution in [0.2, 0.25) is 0 Å². The van der Waals surface area contributed by atoms with Gasteiger partial charge in [0.2, 0.25) is 0 Å². The Morgan fingerprint density at radius 3 is 2.09 bits per heavy atom. The lowest BCUT2D eigenvalue weighted by molar-refractivity contribution is 0.273. The predicted molar refractivity (Wildman–Crippen MR) is 83.7 cm³/mol. The van der Waals surface area contributed by atoms with Crippen LogP contribution in [0.5, 0.6) is 5.75 Å². The third-order valence-corrected chi connectivity index (χ3v) is 3.11. The lowest BCUT2D eigenvalue weighted by Crippen LogP contribution is -2.35. The summed E-state index contributed by atoms with van der Waals surface area (Å²) in [5, 5.41) is 3.20. The first kappa shape index (κ1) is 16.4. The van der Waals surface area contributed by atoms with Crippen molar-refractivity contribution in [2.45, 2.75) is 39.5 Å². The minimum absolute atomic E-state index is 0.116. The topological polar surface area (TPSA) is 21.3 Å². The van der Waals surface area contributed by atoms with Crippen molar-refractivity contribution in [1.82, 2.24) is 5.32 Å². The highest BCUT2D eigenvalue weighted by molar-refractivity contribution is 5.31. The average molecular weight is 305 g/mol. The van der Waals surface area contributed by atoms with Crippen molar-refractivity contribution in [3.63, 3.8) is 0 Å². The number of halogens is 2. The van der Waals surface area contributed by atoms with Crippen molar-refractivity contribution < 1.29 is 13.5 Å². The molecule has 22 heavy (non-hydrogen) atoms. The Morgan fingerprint density at radius 1 is 0.955 bits per heavy atom. The number of rotatable bonds is 5. The van der Waals surface area contributed by atoms with Crippen LogP contribution in [-0.2, 0) is 13.2 Å². The first-order valence-corrected chi connectivity index (χ1v) is 7.25. The molecular formula is C18H21F2NO. The van der Waals surface area contributed by atoms with Gasteiger partial charge in [0.1, 0.15) is 6.61 Å². The van der Waals surface area contributed by atoms with Gasteiger partial charge in [0.15, 0.2) is 17.4 Å². The number of hydrogen-bond acceptors (Lipinski definition) is 2. The standard InChI is InChI=1S/C18H21F2NO/c1-18(2,3)21-11-14-9-15(19)17(16(20)10-14)22-12-13-7-5-4-6-8-13/h4-10,21H,11-12H2,1-3H3. The second-order valence-electron chi connectivity index (χ2n) is 6.27. The van der Waals surface area contributed by atoms with Crippen LogP contribution < -0.4 is 10.1 Å². The van der Waals surface area contributed by atoms with Crippen LogP contribution in [0.25, 0.3) is 0 Å². The van der Waals surface area contributed by atoms with Crippen LogP contribution in [0.15, 0.2) is 42.5 Å². The summed E-state index contributed by atoms with van der Waals surface area (Å²) in [5.41, 5.74) is 1.30. The van der Waals surface area contributed by atoms with Gasteiger partial charge in [0.05, 0.1) is 0 Å². The van der Waals surface area contributed by atoms with E-state index in [1.54, 1.807) is 0 Å². The fraction of sp³-hybridized carbons (Fsp3) is 0.333. The van der Waals surface area contributed by atoms with Crippen molar-refractivity contribution in [2.24, 2.45) is 0 Å². The molecule has 2 aromatic carbocycles. The third-order valence-electron chi connectivity index (χ3n) is 3.11.